The number of nitrogens with zero attached hydrogens (tertiary/aromatic N) is 2. The van der Waals surface area contributed by atoms with Crippen LogP contribution < -0.4 is 9.04 Å². The molecular weight excluding hydrogens is 539 g/mol. The van der Waals surface area contributed by atoms with Gasteiger partial charge in [-0.3, -0.25) is 4.31 Å². The molecule has 5 nitrogen and oxygen atoms in total. The predicted molar refractivity (Wildman–Crippen MR) is 150 cm³/mol. The summed E-state index contributed by atoms with van der Waals surface area (Å²) in [7, 11) is -3.87. The Morgan fingerprint density at radius 2 is 1.53 bits per heavy atom. The Hall–Kier alpha value is -1.96. The van der Waals surface area contributed by atoms with E-state index in [0.29, 0.717) is 33.7 Å². The van der Waals surface area contributed by atoms with Crippen molar-refractivity contribution in [1.29, 1.82) is 0 Å². The fraction of sp³-hybridized carbons (Fsp3) is 0.333. The molecule has 1 saturated heterocycles. The number of halogens is 3. The van der Waals surface area contributed by atoms with Crippen molar-refractivity contribution in [2.45, 2.75) is 37.1 Å². The third kappa shape index (κ3) is 7.53. The van der Waals surface area contributed by atoms with E-state index in [1.807, 2.05) is 24.3 Å². The predicted octanol–water partition coefficient (Wildman–Crippen LogP) is 7.07. The topological polar surface area (TPSA) is 49.9 Å². The fourth-order valence-corrected chi connectivity index (χ4v) is 6.03. The van der Waals surface area contributed by atoms with Crippen molar-refractivity contribution < 1.29 is 13.2 Å². The van der Waals surface area contributed by atoms with Crippen molar-refractivity contribution in [3.05, 3.63) is 88.4 Å². The number of benzene rings is 3. The van der Waals surface area contributed by atoms with E-state index < -0.39 is 10.0 Å². The lowest BCUT2D eigenvalue weighted by molar-refractivity contribution is 0.204. The van der Waals surface area contributed by atoms with E-state index >= 15 is 0 Å². The zero-order valence-corrected chi connectivity index (χ0v) is 23.1. The van der Waals surface area contributed by atoms with Crippen molar-refractivity contribution in [3.8, 4) is 5.75 Å². The van der Waals surface area contributed by atoms with E-state index in [4.69, 9.17) is 27.9 Å². The van der Waals surface area contributed by atoms with Gasteiger partial charge in [0.05, 0.1) is 23.7 Å². The molecule has 0 saturated carbocycles. The van der Waals surface area contributed by atoms with Gasteiger partial charge in [-0.05, 0) is 86.9 Å². The Morgan fingerprint density at radius 3 is 2.22 bits per heavy atom. The molecule has 0 atom stereocenters. The summed E-state index contributed by atoms with van der Waals surface area (Å²) < 4.78 is 34.9. The van der Waals surface area contributed by atoms with E-state index in [1.165, 1.54) is 35.7 Å². The van der Waals surface area contributed by atoms with Crippen LogP contribution in [0.4, 0.5) is 5.69 Å². The molecule has 0 bridgehead atoms. The van der Waals surface area contributed by atoms with Crippen LogP contribution in [0.1, 0.15) is 31.2 Å². The quantitative estimate of drug-likeness (QED) is 0.245. The van der Waals surface area contributed by atoms with Crippen LogP contribution in [0.25, 0.3) is 0 Å². The van der Waals surface area contributed by atoms with Gasteiger partial charge < -0.3 is 9.64 Å². The minimum atomic E-state index is -3.87. The smallest absolute Gasteiger partial charge is 0.264 e. The summed E-state index contributed by atoms with van der Waals surface area (Å²) in [6, 6.07) is 20.6. The fourth-order valence-electron chi connectivity index (χ4n) is 4.26. The van der Waals surface area contributed by atoms with E-state index in [0.717, 1.165) is 26.1 Å². The summed E-state index contributed by atoms with van der Waals surface area (Å²) in [6.45, 7) is 3.95. The average molecular weight is 570 g/mol. The zero-order chi connectivity index (χ0) is 24.7. The van der Waals surface area contributed by atoms with Crippen molar-refractivity contribution in [1.82, 2.24) is 4.90 Å². The Morgan fingerprint density at radius 1 is 0.861 bits per heavy atom. The Balaban J connectivity index is 0.00000361. The Bertz CT molecular complexity index is 1200. The Labute approximate surface area is 230 Å². The van der Waals surface area contributed by atoms with Crippen LogP contribution in [-0.4, -0.2) is 39.6 Å². The minimum absolute atomic E-state index is 0. The first-order valence-corrected chi connectivity index (χ1v) is 14.1. The second kappa shape index (κ2) is 13.5. The SMILES string of the molecule is Cl.O=S(=O)(c1ccc(Cl)cc1)N(Cc1cc(Cl)ccc1OCCCN1CCCCC1)c1ccccc1. The van der Waals surface area contributed by atoms with Gasteiger partial charge in [-0.2, -0.15) is 0 Å². The maximum atomic E-state index is 13.7. The molecule has 194 valence electrons. The lowest BCUT2D eigenvalue weighted by Gasteiger charge is -2.27. The van der Waals surface area contributed by atoms with E-state index in [1.54, 1.807) is 36.4 Å². The summed E-state index contributed by atoms with van der Waals surface area (Å²) in [5, 5.41) is 1.00. The second-order valence-electron chi connectivity index (χ2n) is 8.66. The summed E-state index contributed by atoms with van der Waals surface area (Å²) in [4.78, 5) is 2.64. The maximum Gasteiger partial charge on any atom is 0.264 e. The van der Waals surface area contributed by atoms with Gasteiger partial charge in [0.2, 0.25) is 0 Å². The van der Waals surface area contributed by atoms with Crippen LogP contribution in [0.2, 0.25) is 10.0 Å². The number of ether oxygens (including phenoxy) is 1. The highest BCUT2D eigenvalue weighted by Crippen LogP contribution is 2.31. The van der Waals surface area contributed by atoms with Crippen LogP contribution in [0.5, 0.6) is 5.75 Å². The van der Waals surface area contributed by atoms with Crippen LogP contribution in [0.15, 0.2) is 77.7 Å². The maximum absolute atomic E-state index is 13.7. The number of anilines is 1. The minimum Gasteiger partial charge on any atom is -0.493 e. The van der Waals surface area contributed by atoms with Crippen molar-refractivity contribution in [2.24, 2.45) is 0 Å². The molecule has 0 N–H and O–H groups in total. The van der Waals surface area contributed by atoms with Gasteiger partial charge in [0, 0.05) is 22.2 Å². The van der Waals surface area contributed by atoms with Gasteiger partial charge in [0.15, 0.2) is 0 Å². The van der Waals surface area contributed by atoms with Gasteiger partial charge in [-0.25, -0.2) is 8.42 Å². The molecular formula is C27H31Cl3N2O3S. The molecule has 4 rings (SSSR count). The standard InChI is InChI=1S/C27H30Cl2N2O3S.ClH/c28-23-10-13-26(14-11-23)35(32,33)31(25-8-3-1-4-9-25)21-22-20-24(29)12-15-27(22)34-19-7-18-30-16-5-2-6-17-30;/h1,3-4,8-15,20H,2,5-7,16-19,21H2;1H. The molecule has 36 heavy (non-hydrogen) atoms. The number of piperidine rings is 1. The Kier molecular flexibility index (Phi) is 10.8. The number of para-hydroxylation sites is 1. The lowest BCUT2D eigenvalue weighted by atomic mass is 10.1. The number of hydrogen-bond acceptors (Lipinski definition) is 4. The van der Waals surface area contributed by atoms with Gasteiger partial charge >= 0.3 is 0 Å². The molecule has 3 aromatic rings. The van der Waals surface area contributed by atoms with Crippen molar-refractivity contribution in [3.63, 3.8) is 0 Å². The van der Waals surface area contributed by atoms with Gasteiger partial charge in [0.1, 0.15) is 5.75 Å². The number of rotatable bonds is 10. The van der Waals surface area contributed by atoms with Crippen LogP contribution in [0, 0.1) is 0 Å². The van der Waals surface area contributed by atoms with Crippen LogP contribution >= 0.6 is 35.6 Å². The highest BCUT2D eigenvalue weighted by Gasteiger charge is 2.26. The third-order valence-corrected chi connectivity index (χ3v) is 8.38. The molecule has 3 aromatic carbocycles. The second-order valence-corrected chi connectivity index (χ2v) is 11.4. The molecule has 0 spiro atoms. The highest BCUT2D eigenvalue weighted by molar-refractivity contribution is 7.92. The number of hydrogen-bond donors (Lipinski definition) is 0. The zero-order valence-electron chi connectivity index (χ0n) is 20.0. The van der Waals surface area contributed by atoms with E-state index in [2.05, 4.69) is 4.90 Å². The number of sulfonamides is 1. The van der Waals surface area contributed by atoms with Crippen LogP contribution in [-0.2, 0) is 16.6 Å². The molecule has 1 heterocycles. The molecule has 0 amide bonds. The molecule has 0 unspecified atom stereocenters. The summed E-state index contributed by atoms with van der Waals surface area (Å²) in [5.41, 5.74) is 1.26. The summed E-state index contributed by atoms with van der Waals surface area (Å²) >= 11 is 12.3. The molecule has 1 aliphatic rings. The molecule has 0 aromatic heterocycles. The van der Waals surface area contributed by atoms with Gasteiger partial charge in [0.25, 0.3) is 10.0 Å². The average Bonchev–Trinajstić information content (AvgIpc) is 2.87. The first kappa shape index (κ1) is 28.6. The first-order chi connectivity index (χ1) is 16.9. The molecule has 0 aliphatic carbocycles. The van der Waals surface area contributed by atoms with Crippen molar-refractivity contribution >= 4 is 51.3 Å². The van der Waals surface area contributed by atoms with E-state index in [9.17, 15) is 8.42 Å². The molecule has 1 aliphatic heterocycles. The van der Waals surface area contributed by atoms with Gasteiger partial charge in [-0.15, -0.1) is 12.4 Å². The largest absolute Gasteiger partial charge is 0.493 e. The molecule has 1 fully saturated rings. The van der Waals surface area contributed by atoms with Crippen molar-refractivity contribution in [2.75, 3.05) is 30.5 Å². The molecule has 9 heteroatoms. The lowest BCUT2D eigenvalue weighted by Crippen LogP contribution is -2.31. The van der Waals surface area contributed by atoms with E-state index in [-0.39, 0.29) is 23.8 Å². The third-order valence-electron chi connectivity index (χ3n) is 6.11. The monoisotopic (exact) mass is 568 g/mol. The normalized spacial score (nSPS) is 14.2. The molecule has 0 radical (unpaired) electrons. The number of likely N-dealkylation sites (tertiary alicyclic amines) is 1. The first-order valence-electron chi connectivity index (χ1n) is 11.9. The van der Waals surface area contributed by atoms with Crippen LogP contribution in [0.3, 0.4) is 0 Å². The summed E-state index contributed by atoms with van der Waals surface area (Å²) in [6.07, 6.45) is 4.75. The highest BCUT2D eigenvalue weighted by atomic mass is 35.5. The van der Waals surface area contributed by atoms with Gasteiger partial charge in [-0.1, -0.05) is 47.8 Å². The summed E-state index contributed by atoms with van der Waals surface area (Å²) in [5.74, 6) is 0.639.